The Labute approximate surface area is 109 Å². The highest BCUT2D eigenvalue weighted by molar-refractivity contribution is 7.13. The van der Waals surface area contributed by atoms with Gasteiger partial charge in [-0.05, 0) is 43.2 Å². The van der Waals surface area contributed by atoms with Gasteiger partial charge in [-0.2, -0.15) is 5.10 Å². The molecule has 0 bridgehead atoms. The summed E-state index contributed by atoms with van der Waals surface area (Å²) in [4.78, 5) is 5.90. The minimum absolute atomic E-state index is 0.983. The quantitative estimate of drug-likeness (QED) is 0.668. The van der Waals surface area contributed by atoms with Crippen LogP contribution in [0.25, 0.3) is 16.2 Å². The van der Waals surface area contributed by atoms with Gasteiger partial charge in [0.05, 0.1) is 4.88 Å². The SMILES string of the molecule is Cc1nc2cc(-c3cccs3)nn2c2c1CCC2. The molecule has 0 atom stereocenters. The maximum atomic E-state index is 4.73. The minimum Gasteiger partial charge on any atom is -0.234 e. The lowest BCUT2D eigenvalue weighted by Gasteiger charge is -2.05. The Bertz CT molecular complexity index is 725. The first-order chi connectivity index (χ1) is 8.83. The monoisotopic (exact) mass is 255 g/mol. The standard InChI is InChI=1S/C14H13N3S/c1-9-10-4-2-5-12(10)17-14(15-9)8-11(16-17)13-6-3-7-18-13/h3,6-8H,2,4-5H2,1H3. The lowest BCUT2D eigenvalue weighted by atomic mass is 10.2. The van der Waals surface area contributed by atoms with Crippen molar-refractivity contribution in [1.29, 1.82) is 0 Å². The molecular weight excluding hydrogens is 242 g/mol. The molecule has 90 valence electrons. The first kappa shape index (κ1) is 10.3. The molecule has 0 unspecified atom stereocenters. The molecule has 0 spiro atoms. The van der Waals surface area contributed by atoms with E-state index in [9.17, 15) is 0 Å². The van der Waals surface area contributed by atoms with E-state index in [-0.39, 0.29) is 0 Å². The Morgan fingerprint density at radius 2 is 2.28 bits per heavy atom. The highest BCUT2D eigenvalue weighted by Gasteiger charge is 2.19. The van der Waals surface area contributed by atoms with Crippen LogP contribution in [0.15, 0.2) is 23.6 Å². The number of hydrogen-bond acceptors (Lipinski definition) is 3. The number of nitrogens with zero attached hydrogens (tertiary/aromatic N) is 3. The second kappa shape index (κ2) is 3.65. The van der Waals surface area contributed by atoms with Crippen LogP contribution >= 0.6 is 11.3 Å². The van der Waals surface area contributed by atoms with Crippen molar-refractivity contribution < 1.29 is 0 Å². The molecule has 3 heterocycles. The molecule has 0 fully saturated rings. The maximum Gasteiger partial charge on any atom is 0.156 e. The van der Waals surface area contributed by atoms with Gasteiger partial charge in [0.15, 0.2) is 5.65 Å². The zero-order valence-electron chi connectivity index (χ0n) is 10.2. The van der Waals surface area contributed by atoms with E-state index in [1.54, 1.807) is 11.3 Å². The van der Waals surface area contributed by atoms with Gasteiger partial charge in [-0.1, -0.05) is 6.07 Å². The van der Waals surface area contributed by atoms with Crippen LogP contribution in [-0.4, -0.2) is 14.6 Å². The molecule has 1 aliphatic carbocycles. The molecule has 4 rings (SSSR count). The van der Waals surface area contributed by atoms with Gasteiger partial charge < -0.3 is 0 Å². The summed E-state index contributed by atoms with van der Waals surface area (Å²) in [5.74, 6) is 0. The van der Waals surface area contributed by atoms with Crippen molar-refractivity contribution in [1.82, 2.24) is 14.6 Å². The Morgan fingerprint density at radius 1 is 1.33 bits per heavy atom. The number of rotatable bonds is 1. The first-order valence-electron chi connectivity index (χ1n) is 6.25. The molecule has 0 aromatic carbocycles. The van der Waals surface area contributed by atoms with Gasteiger partial charge >= 0.3 is 0 Å². The molecule has 4 heteroatoms. The third kappa shape index (κ3) is 1.35. The largest absolute Gasteiger partial charge is 0.234 e. The molecule has 3 aromatic heterocycles. The normalized spacial score (nSPS) is 14.3. The van der Waals surface area contributed by atoms with Crippen LogP contribution < -0.4 is 0 Å². The van der Waals surface area contributed by atoms with Crippen LogP contribution in [0, 0.1) is 6.92 Å². The minimum atomic E-state index is 0.983. The third-order valence-electron chi connectivity index (χ3n) is 3.63. The summed E-state index contributed by atoms with van der Waals surface area (Å²) in [6.45, 7) is 2.11. The Balaban J connectivity index is 2.01. The van der Waals surface area contributed by atoms with Gasteiger partial charge in [-0.3, -0.25) is 0 Å². The third-order valence-corrected chi connectivity index (χ3v) is 4.52. The predicted molar refractivity (Wildman–Crippen MR) is 73.1 cm³/mol. The van der Waals surface area contributed by atoms with Crippen LogP contribution in [0.2, 0.25) is 0 Å². The summed E-state index contributed by atoms with van der Waals surface area (Å²) in [5, 5.41) is 6.82. The van der Waals surface area contributed by atoms with Crippen molar-refractivity contribution >= 4 is 17.0 Å². The van der Waals surface area contributed by atoms with Crippen LogP contribution in [0.5, 0.6) is 0 Å². The summed E-state index contributed by atoms with van der Waals surface area (Å²) in [6.07, 6.45) is 3.50. The van der Waals surface area contributed by atoms with Gasteiger partial charge in [0.25, 0.3) is 0 Å². The highest BCUT2D eigenvalue weighted by atomic mass is 32.1. The van der Waals surface area contributed by atoms with Crippen LogP contribution in [0.3, 0.4) is 0 Å². The van der Waals surface area contributed by atoms with Crippen molar-refractivity contribution in [3.8, 4) is 10.6 Å². The summed E-state index contributed by atoms with van der Waals surface area (Å²) >= 11 is 1.73. The maximum absolute atomic E-state index is 4.73. The molecule has 3 nitrogen and oxygen atoms in total. The predicted octanol–water partition coefficient (Wildman–Crippen LogP) is 3.25. The van der Waals surface area contributed by atoms with Gasteiger partial charge in [-0.15, -0.1) is 11.3 Å². The topological polar surface area (TPSA) is 30.2 Å². The van der Waals surface area contributed by atoms with E-state index in [4.69, 9.17) is 5.10 Å². The fourth-order valence-electron chi connectivity index (χ4n) is 2.78. The van der Waals surface area contributed by atoms with Gasteiger partial charge in [0, 0.05) is 17.5 Å². The molecule has 0 saturated carbocycles. The van der Waals surface area contributed by atoms with Gasteiger partial charge in [0.1, 0.15) is 5.69 Å². The van der Waals surface area contributed by atoms with Gasteiger partial charge in [-0.25, -0.2) is 9.50 Å². The van der Waals surface area contributed by atoms with Gasteiger partial charge in [0.2, 0.25) is 0 Å². The summed E-state index contributed by atoms with van der Waals surface area (Å²) < 4.78 is 2.05. The van der Waals surface area contributed by atoms with E-state index >= 15 is 0 Å². The molecule has 0 amide bonds. The molecule has 18 heavy (non-hydrogen) atoms. The Hall–Kier alpha value is -1.68. The average molecular weight is 255 g/mol. The van der Waals surface area contributed by atoms with E-state index < -0.39 is 0 Å². The van der Waals surface area contributed by atoms with E-state index in [0.29, 0.717) is 0 Å². The van der Waals surface area contributed by atoms with Crippen molar-refractivity contribution in [3.63, 3.8) is 0 Å². The fraction of sp³-hybridized carbons (Fsp3) is 0.286. The number of thiophene rings is 1. The molecule has 0 radical (unpaired) electrons. The summed E-state index contributed by atoms with van der Waals surface area (Å²) in [6, 6.07) is 6.27. The second-order valence-corrected chi connectivity index (χ2v) is 5.70. The van der Waals surface area contributed by atoms with Crippen molar-refractivity contribution in [2.24, 2.45) is 0 Å². The van der Waals surface area contributed by atoms with E-state index in [0.717, 1.165) is 24.2 Å². The van der Waals surface area contributed by atoms with Crippen molar-refractivity contribution in [2.75, 3.05) is 0 Å². The lowest BCUT2D eigenvalue weighted by Crippen LogP contribution is -2.02. The summed E-state index contributed by atoms with van der Waals surface area (Å²) in [5.41, 5.74) is 5.96. The van der Waals surface area contributed by atoms with E-state index in [1.807, 2.05) is 4.52 Å². The molecule has 0 aliphatic heterocycles. The molecule has 0 saturated heterocycles. The smallest absolute Gasteiger partial charge is 0.156 e. The number of aromatic nitrogens is 3. The number of hydrogen-bond donors (Lipinski definition) is 0. The Morgan fingerprint density at radius 3 is 3.11 bits per heavy atom. The number of fused-ring (bicyclic) bond motifs is 3. The molecular formula is C14H13N3S. The molecule has 3 aromatic rings. The highest BCUT2D eigenvalue weighted by Crippen LogP contribution is 2.28. The second-order valence-electron chi connectivity index (χ2n) is 4.75. The first-order valence-corrected chi connectivity index (χ1v) is 7.13. The van der Waals surface area contributed by atoms with Crippen LogP contribution in [0.1, 0.15) is 23.4 Å². The number of aryl methyl sites for hydroxylation is 2. The van der Waals surface area contributed by atoms with Crippen LogP contribution in [-0.2, 0) is 12.8 Å². The zero-order chi connectivity index (χ0) is 12.1. The van der Waals surface area contributed by atoms with Crippen LogP contribution in [0.4, 0.5) is 0 Å². The molecule has 1 aliphatic rings. The zero-order valence-corrected chi connectivity index (χ0v) is 11.0. The molecule has 0 N–H and O–H groups in total. The Kier molecular flexibility index (Phi) is 2.08. The lowest BCUT2D eigenvalue weighted by molar-refractivity contribution is 0.837. The van der Waals surface area contributed by atoms with E-state index in [1.165, 1.54) is 28.2 Å². The van der Waals surface area contributed by atoms with Crippen molar-refractivity contribution in [3.05, 3.63) is 40.5 Å². The van der Waals surface area contributed by atoms with E-state index in [2.05, 4.69) is 35.5 Å². The average Bonchev–Trinajstić information content (AvgIpc) is 3.08. The van der Waals surface area contributed by atoms with Crippen molar-refractivity contribution in [2.45, 2.75) is 26.2 Å². The fourth-order valence-corrected chi connectivity index (χ4v) is 3.47. The summed E-state index contributed by atoms with van der Waals surface area (Å²) in [7, 11) is 0.